The fourth-order valence-corrected chi connectivity index (χ4v) is 1.94. The molecule has 1 aliphatic carbocycles. The van der Waals surface area contributed by atoms with Crippen molar-refractivity contribution in [1.29, 1.82) is 0 Å². The summed E-state index contributed by atoms with van der Waals surface area (Å²) in [4.78, 5) is 0. The highest BCUT2D eigenvalue weighted by Gasteiger charge is 2.28. The molecule has 1 N–H and O–H groups in total. The monoisotopic (exact) mass is 284 g/mol. The molecule has 0 aromatic rings. The molecule has 0 heterocycles. The van der Waals surface area contributed by atoms with E-state index in [9.17, 15) is 5.11 Å². The normalized spacial score (nSPS) is 23.3. The molecule has 0 unspecified atom stereocenters. The first-order chi connectivity index (χ1) is 8.94. The number of hydrogen-bond donors (Lipinski definition) is 1. The molecule has 0 radical (unpaired) electrons. The van der Waals surface area contributed by atoms with Gasteiger partial charge in [0.05, 0.1) is 6.10 Å². The SMILES string of the molecule is C=C.CC(C)(C)C1CCC(O)CC1.CC(C)C(C)(C)C. The van der Waals surface area contributed by atoms with Gasteiger partial charge in [0.25, 0.3) is 0 Å². The number of rotatable bonds is 0. The maximum Gasteiger partial charge on any atom is 0.0540 e. The van der Waals surface area contributed by atoms with E-state index in [4.69, 9.17) is 0 Å². The molecule has 122 valence electrons. The van der Waals surface area contributed by atoms with Gasteiger partial charge in [-0.1, -0.05) is 55.4 Å². The minimum atomic E-state index is -0.00593. The van der Waals surface area contributed by atoms with E-state index in [1.165, 1.54) is 12.8 Å². The quantitative estimate of drug-likeness (QED) is 0.535. The summed E-state index contributed by atoms with van der Waals surface area (Å²) in [6.45, 7) is 24.2. The van der Waals surface area contributed by atoms with Gasteiger partial charge in [-0.2, -0.15) is 0 Å². The standard InChI is InChI=1S/C10H20O.C7H16.C2H4/c1-10(2,3)8-4-6-9(11)7-5-8;1-6(2)7(3,4)5;1-2/h8-9,11H,4-7H2,1-3H3;6H,1-5H3;1-2H2. The molecule has 0 aromatic carbocycles. The summed E-state index contributed by atoms with van der Waals surface area (Å²) in [7, 11) is 0. The van der Waals surface area contributed by atoms with Gasteiger partial charge in [-0.15, -0.1) is 13.2 Å². The summed E-state index contributed by atoms with van der Waals surface area (Å²) < 4.78 is 0. The van der Waals surface area contributed by atoms with Crippen molar-refractivity contribution in [3.8, 4) is 0 Å². The van der Waals surface area contributed by atoms with Gasteiger partial charge in [0, 0.05) is 0 Å². The molecular weight excluding hydrogens is 244 g/mol. The first kappa shape index (κ1) is 22.0. The average molecular weight is 285 g/mol. The topological polar surface area (TPSA) is 20.2 Å². The Labute approximate surface area is 128 Å². The molecule has 1 saturated carbocycles. The minimum absolute atomic E-state index is 0.00593. The van der Waals surface area contributed by atoms with E-state index in [1.54, 1.807) is 0 Å². The Balaban J connectivity index is 0. The molecule has 1 rings (SSSR count). The first-order valence-electron chi connectivity index (χ1n) is 8.12. The second-order valence-corrected chi connectivity index (χ2v) is 8.39. The highest BCUT2D eigenvalue weighted by Crippen LogP contribution is 2.37. The molecule has 0 bridgehead atoms. The third-order valence-corrected chi connectivity index (χ3v) is 4.65. The second-order valence-electron chi connectivity index (χ2n) is 8.39. The Hall–Kier alpha value is -0.300. The third-order valence-electron chi connectivity index (χ3n) is 4.65. The van der Waals surface area contributed by atoms with Crippen LogP contribution in [0.4, 0.5) is 0 Å². The highest BCUT2D eigenvalue weighted by molar-refractivity contribution is 4.79. The van der Waals surface area contributed by atoms with Crippen molar-refractivity contribution in [3.63, 3.8) is 0 Å². The van der Waals surface area contributed by atoms with Gasteiger partial charge >= 0.3 is 0 Å². The van der Waals surface area contributed by atoms with Crippen LogP contribution in [0.1, 0.15) is 81.1 Å². The van der Waals surface area contributed by atoms with Gasteiger partial charge in [-0.05, 0) is 48.3 Å². The van der Waals surface area contributed by atoms with Crippen molar-refractivity contribution in [3.05, 3.63) is 13.2 Å². The summed E-state index contributed by atoms with van der Waals surface area (Å²) in [5, 5.41) is 9.29. The van der Waals surface area contributed by atoms with E-state index in [2.05, 4.69) is 68.5 Å². The molecule has 1 fully saturated rings. The molecular formula is C19H40O. The smallest absolute Gasteiger partial charge is 0.0540 e. The van der Waals surface area contributed by atoms with Crippen molar-refractivity contribution in [1.82, 2.24) is 0 Å². The van der Waals surface area contributed by atoms with E-state index in [-0.39, 0.29) is 6.10 Å². The van der Waals surface area contributed by atoms with E-state index < -0.39 is 0 Å². The lowest BCUT2D eigenvalue weighted by Gasteiger charge is -2.35. The zero-order chi connectivity index (χ0) is 16.6. The summed E-state index contributed by atoms with van der Waals surface area (Å²) in [5.74, 6) is 1.62. The van der Waals surface area contributed by atoms with Gasteiger partial charge < -0.3 is 5.11 Å². The second kappa shape index (κ2) is 9.60. The van der Waals surface area contributed by atoms with Crippen LogP contribution in [0.3, 0.4) is 0 Å². The molecule has 1 aliphatic rings. The Morgan fingerprint density at radius 2 is 1.15 bits per heavy atom. The van der Waals surface area contributed by atoms with Gasteiger partial charge in [0.15, 0.2) is 0 Å². The minimum Gasteiger partial charge on any atom is -0.393 e. The Morgan fingerprint density at radius 1 is 0.850 bits per heavy atom. The number of aliphatic hydroxyl groups excluding tert-OH is 1. The van der Waals surface area contributed by atoms with Crippen molar-refractivity contribution >= 4 is 0 Å². The number of hydrogen-bond acceptors (Lipinski definition) is 1. The average Bonchev–Trinajstić information content (AvgIpc) is 2.30. The van der Waals surface area contributed by atoms with Gasteiger partial charge in [0.1, 0.15) is 0 Å². The molecule has 0 amide bonds. The predicted octanol–water partition coefficient (Wildman–Crippen LogP) is 6.07. The molecule has 0 aliphatic heterocycles. The third kappa shape index (κ3) is 10.5. The van der Waals surface area contributed by atoms with Crippen molar-refractivity contribution in [2.24, 2.45) is 22.7 Å². The summed E-state index contributed by atoms with van der Waals surface area (Å²) in [6.07, 6.45) is 4.45. The molecule has 1 nitrogen and oxygen atoms in total. The van der Waals surface area contributed by atoms with Crippen LogP contribution in [0.25, 0.3) is 0 Å². The van der Waals surface area contributed by atoms with Crippen LogP contribution in [-0.2, 0) is 0 Å². The summed E-state index contributed by atoms with van der Waals surface area (Å²) >= 11 is 0. The van der Waals surface area contributed by atoms with Crippen LogP contribution in [0.2, 0.25) is 0 Å². The molecule has 0 spiro atoms. The van der Waals surface area contributed by atoms with E-state index in [0.717, 1.165) is 24.7 Å². The maximum atomic E-state index is 9.29. The van der Waals surface area contributed by atoms with Crippen molar-refractivity contribution in [2.75, 3.05) is 0 Å². The maximum absolute atomic E-state index is 9.29. The molecule has 0 saturated heterocycles. The lowest BCUT2D eigenvalue weighted by molar-refractivity contribution is 0.0725. The van der Waals surface area contributed by atoms with Crippen LogP contribution in [0, 0.1) is 22.7 Å². The van der Waals surface area contributed by atoms with E-state index >= 15 is 0 Å². The summed E-state index contributed by atoms with van der Waals surface area (Å²) in [6, 6.07) is 0. The summed E-state index contributed by atoms with van der Waals surface area (Å²) in [5.41, 5.74) is 0.945. The zero-order valence-electron chi connectivity index (χ0n) is 15.4. The highest BCUT2D eigenvalue weighted by atomic mass is 16.3. The van der Waals surface area contributed by atoms with Crippen molar-refractivity contribution < 1.29 is 5.11 Å². The predicted molar refractivity (Wildman–Crippen MR) is 93.0 cm³/mol. The van der Waals surface area contributed by atoms with Crippen LogP contribution >= 0.6 is 0 Å². The lowest BCUT2D eigenvalue weighted by Crippen LogP contribution is -2.27. The lowest BCUT2D eigenvalue weighted by atomic mass is 9.72. The zero-order valence-corrected chi connectivity index (χ0v) is 15.4. The van der Waals surface area contributed by atoms with Gasteiger partial charge in [-0.25, -0.2) is 0 Å². The molecule has 0 aromatic heterocycles. The van der Waals surface area contributed by atoms with Crippen molar-refractivity contribution in [2.45, 2.75) is 87.2 Å². The van der Waals surface area contributed by atoms with Gasteiger partial charge in [-0.3, -0.25) is 0 Å². The number of aliphatic hydroxyl groups is 1. The van der Waals surface area contributed by atoms with Crippen LogP contribution in [0.5, 0.6) is 0 Å². The molecule has 0 atom stereocenters. The Kier molecular flexibility index (Phi) is 10.6. The Morgan fingerprint density at radius 3 is 1.35 bits per heavy atom. The van der Waals surface area contributed by atoms with E-state index in [0.29, 0.717) is 10.8 Å². The molecule has 20 heavy (non-hydrogen) atoms. The van der Waals surface area contributed by atoms with Crippen LogP contribution < -0.4 is 0 Å². The van der Waals surface area contributed by atoms with Gasteiger partial charge in [0.2, 0.25) is 0 Å². The fourth-order valence-electron chi connectivity index (χ4n) is 1.94. The fraction of sp³-hybridized carbons (Fsp3) is 0.895. The largest absolute Gasteiger partial charge is 0.393 e. The van der Waals surface area contributed by atoms with E-state index in [1.807, 2.05) is 0 Å². The first-order valence-corrected chi connectivity index (χ1v) is 8.12. The Bertz CT molecular complexity index is 221. The molecule has 1 heteroatoms. The van der Waals surface area contributed by atoms with Crippen LogP contribution in [-0.4, -0.2) is 11.2 Å². The van der Waals surface area contributed by atoms with Crippen LogP contribution in [0.15, 0.2) is 13.2 Å².